The Morgan fingerprint density at radius 1 is 1.15 bits per heavy atom. The largest absolute Gasteiger partial charge is 0.352 e. The lowest BCUT2D eigenvalue weighted by Crippen LogP contribution is -2.25. The first kappa shape index (κ1) is 18.2. The van der Waals surface area contributed by atoms with E-state index in [4.69, 9.17) is 11.6 Å². The van der Waals surface area contributed by atoms with E-state index < -0.39 is 0 Å². The molecule has 5 nitrogen and oxygen atoms in total. The third-order valence-electron chi connectivity index (χ3n) is 4.03. The van der Waals surface area contributed by atoms with E-state index in [2.05, 4.69) is 31.3 Å². The maximum atomic E-state index is 12.2. The molecule has 0 unspecified atom stereocenters. The molecular weight excluding hydrogens is 448 g/mol. The van der Waals surface area contributed by atoms with Crippen LogP contribution < -0.4 is 5.32 Å². The molecule has 0 atom stereocenters. The molecule has 0 spiro atoms. The molecule has 1 N–H and O–H groups in total. The molecule has 2 aromatic heterocycles. The normalized spacial score (nSPS) is 11.0. The predicted octanol–water partition coefficient (Wildman–Crippen LogP) is 4.85. The number of nitrogens with one attached hydrogen (secondary N) is 1. The van der Waals surface area contributed by atoms with Crippen LogP contribution in [0, 0.1) is 0 Å². The number of carbonyl (C=O) groups is 1. The molecule has 2 aromatic carbocycles. The van der Waals surface area contributed by atoms with Crippen LogP contribution in [0.1, 0.15) is 16.1 Å². The van der Waals surface area contributed by atoms with Crippen molar-refractivity contribution in [3.8, 4) is 11.4 Å². The molecule has 0 radical (unpaired) electrons. The van der Waals surface area contributed by atoms with Crippen LogP contribution in [0.25, 0.3) is 16.3 Å². The van der Waals surface area contributed by atoms with Gasteiger partial charge in [-0.2, -0.15) is 4.98 Å². The maximum absolute atomic E-state index is 12.2. The Bertz CT molecular complexity index is 1090. The number of thiazole rings is 1. The standard InChI is InChI=1S/C19H14BrClN4OS/c20-14-5-1-13(2-6-14)18(26)22-10-9-16-11-27-19-23-17(24-25(16)19)12-3-7-15(21)8-4-12/h1-8,11H,9-10H2,(H,22,26). The Morgan fingerprint density at radius 2 is 1.89 bits per heavy atom. The van der Waals surface area contributed by atoms with Gasteiger partial charge >= 0.3 is 0 Å². The van der Waals surface area contributed by atoms with Crippen LogP contribution in [0.2, 0.25) is 5.02 Å². The van der Waals surface area contributed by atoms with Gasteiger partial charge in [-0.3, -0.25) is 4.79 Å². The van der Waals surface area contributed by atoms with Crippen molar-refractivity contribution >= 4 is 49.7 Å². The van der Waals surface area contributed by atoms with Crippen molar-refractivity contribution in [2.24, 2.45) is 0 Å². The summed E-state index contributed by atoms with van der Waals surface area (Å²) in [7, 11) is 0. The maximum Gasteiger partial charge on any atom is 0.251 e. The first-order chi connectivity index (χ1) is 13.1. The summed E-state index contributed by atoms with van der Waals surface area (Å²) < 4.78 is 2.78. The Morgan fingerprint density at radius 3 is 2.63 bits per heavy atom. The molecular formula is C19H14BrClN4OS. The van der Waals surface area contributed by atoms with Gasteiger partial charge in [-0.1, -0.05) is 27.5 Å². The zero-order chi connectivity index (χ0) is 18.8. The molecule has 0 bridgehead atoms. The van der Waals surface area contributed by atoms with Gasteiger partial charge in [0.2, 0.25) is 4.96 Å². The van der Waals surface area contributed by atoms with Gasteiger partial charge in [-0.25, -0.2) is 4.52 Å². The zero-order valence-corrected chi connectivity index (χ0v) is 17.2. The average molecular weight is 462 g/mol. The number of aromatic nitrogens is 3. The lowest BCUT2D eigenvalue weighted by atomic mass is 10.2. The fourth-order valence-corrected chi connectivity index (χ4v) is 3.87. The molecule has 4 aromatic rings. The molecule has 0 aliphatic carbocycles. The number of benzene rings is 2. The van der Waals surface area contributed by atoms with Crippen molar-refractivity contribution in [3.05, 3.63) is 74.7 Å². The fourth-order valence-electron chi connectivity index (χ4n) is 2.63. The first-order valence-corrected chi connectivity index (χ1v) is 10.3. The van der Waals surface area contributed by atoms with E-state index in [1.807, 2.05) is 46.3 Å². The lowest BCUT2D eigenvalue weighted by Gasteiger charge is -2.04. The SMILES string of the molecule is O=C(NCCc1csc2nc(-c3ccc(Cl)cc3)nn12)c1ccc(Br)cc1. The number of fused-ring (bicyclic) bond motifs is 1. The highest BCUT2D eigenvalue weighted by molar-refractivity contribution is 9.10. The molecule has 0 saturated heterocycles. The van der Waals surface area contributed by atoms with Gasteiger partial charge in [0.25, 0.3) is 5.91 Å². The van der Waals surface area contributed by atoms with Gasteiger partial charge in [-0.15, -0.1) is 16.4 Å². The van der Waals surface area contributed by atoms with E-state index in [0.717, 1.165) is 20.7 Å². The summed E-state index contributed by atoms with van der Waals surface area (Å²) in [5, 5.41) is 10.2. The molecule has 0 aliphatic heterocycles. The number of nitrogens with zero attached hydrogens (tertiary/aromatic N) is 3. The molecule has 27 heavy (non-hydrogen) atoms. The van der Waals surface area contributed by atoms with E-state index in [1.54, 1.807) is 12.1 Å². The second-order valence-corrected chi connectivity index (χ2v) is 8.07. The van der Waals surface area contributed by atoms with Crippen molar-refractivity contribution < 1.29 is 4.79 Å². The van der Waals surface area contributed by atoms with Gasteiger partial charge in [0.15, 0.2) is 5.82 Å². The summed E-state index contributed by atoms with van der Waals surface area (Å²) in [6.07, 6.45) is 0.672. The van der Waals surface area contributed by atoms with Crippen LogP contribution in [0.15, 0.2) is 58.4 Å². The van der Waals surface area contributed by atoms with E-state index in [0.29, 0.717) is 29.4 Å². The van der Waals surface area contributed by atoms with Gasteiger partial charge in [0.05, 0.1) is 5.69 Å². The van der Waals surface area contributed by atoms with E-state index in [9.17, 15) is 4.79 Å². The second-order valence-electron chi connectivity index (χ2n) is 5.88. The third kappa shape index (κ3) is 4.05. The van der Waals surface area contributed by atoms with Crippen molar-refractivity contribution in [1.29, 1.82) is 0 Å². The first-order valence-electron chi connectivity index (χ1n) is 8.23. The van der Waals surface area contributed by atoms with Crippen LogP contribution in [0.4, 0.5) is 0 Å². The van der Waals surface area contributed by atoms with E-state index in [1.165, 1.54) is 11.3 Å². The number of hydrogen-bond acceptors (Lipinski definition) is 4. The molecule has 0 saturated carbocycles. The monoisotopic (exact) mass is 460 g/mol. The quantitative estimate of drug-likeness (QED) is 0.462. The minimum atomic E-state index is -0.0885. The zero-order valence-electron chi connectivity index (χ0n) is 14.0. The Labute approximate surface area is 173 Å². The molecule has 136 valence electrons. The summed E-state index contributed by atoms with van der Waals surface area (Å²) in [5.74, 6) is 0.577. The molecule has 4 rings (SSSR count). The van der Waals surface area contributed by atoms with Crippen molar-refractivity contribution in [2.75, 3.05) is 6.54 Å². The molecule has 0 aliphatic rings. The fraction of sp³-hybridized carbons (Fsp3) is 0.105. The summed E-state index contributed by atoms with van der Waals surface area (Å²) in [6.45, 7) is 0.525. The minimum absolute atomic E-state index is 0.0885. The Kier molecular flexibility index (Phi) is 5.24. The van der Waals surface area contributed by atoms with Crippen molar-refractivity contribution in [2.45, 2.75) is 6.42 Å². The van der Waals surface area contributed by atoms with Gasteiger partial charge in [-0.05, 0) is 48.5 Å². The van der Waals surface area contributed by atoms with Crippen LogP contribution in [-0.2, 0) is 6.42 Å². The van der Waals surface area contributed by atoms with Crippen LogP contribution in [0.3, 0.4) is 0 Å². The highest BCUT2D eigenvalue weighted by atomic mass is 79.9. The number of carbonyl (C=O) groups excluding carboxylic acids is 1. The smallest absolute Gasteiger partial charge is 0.251 e. The predicted molar refractivity (Wildman–Crippen MR) is 111 cm³/mol. The summed E-state index contributed by atoms with van der Waals surface area (Å²) in [4.78, 5) is 17.6. The van der Waals surface area contributed by atoms with Crippen molar-refractivity contribution in [3.63, 3.8) is 0 Å². The number of rotatable bonds is 5. The van der Waals surface area contributed by atoms with E-state index >= 15 is 0 Å². The number of hydrogen-bond donors (Lipinski definition) is 1. The van der Waals surface area contributed by atoms with Crippen molar-refractivity contribution in [1.82, 2.24) is 19.9 Å². The molecule has 2 heterocycles. The molecule has 8 heteroatoms. The summed E-state index contributed by atoms with van der Waals surface area (Å²) >= 11 is 10.8. The Hall–Kier alpha value is -2.22. The number of halogens is 2. The van der Waals surface area contributed by atoms with Crippen LogP contribution >= 0.6 is 38.9 Å². The van der Waals surface area contributed by atoms with Gasteiger partial charge in [0, 0.05) is 39.0 Å². The van der Waals surface area contributed by atoms with Gasteiger partial charge < -0.3 is 5.32 Å². The lowest BCUT2D eigenvalue weighted by molar-refractivity contribution is 0.0954. The van der Waals surface area contributed by atoms with E-state index in [-0.39, 0.29) is 5.91 Å². The second kappa shape index (κ2) is 7.80. The Balaban J connectivity index is 1.44. The highest BCUT2D eigenvalue weighted by Crippen LogP contribution is 2.22. The van der Waals surface area contributed by atoms with Crippen LogP contribution in [-0.4, -0.2) is 27.0 Å². The summed E-state index contributed by atoms with van der Waals surface area (Å²) in [6, 6.07) is 14.7. The topological polar surface area (TPSA) is 59.3 Å². The van der Waals surface area contributed by atoms with Crippen LogP contribution in [0.5, 0.6) is 0 Å². The molecule has 0 fully saturated rings. The summed E-state index contributed by atoms with van der Waals surface area (Å²) in [5.41, 5.74) is 2.57. The minimum Gasteiger partial charge on any atom is -0.352 e. The van der Waals surface area contributed by atoms with Gasteiger partial charge in [0.1, 0.15) is 0 Å². The average Bonchev–Trinajstić information content (AvgIpc) is 3.24. The third-order valence-corrected chi connectivity index (χ3v) is 5.67. The highest BCUT2D eigenvalue weighted by Gasteiger charge is 2.12. The number of amides is 1. The molecule has 1 amide bonds.